The van der Waals surface area contributed by atoms with Crippen LogP contribution >= 0.6 is 0 Å². The minimum atomic E-state index is -0.224. The second-order valence-corrected chi connectivity index (χ2v) is 6.33. The third-order valence-corrected chi connectivity index (χ3v) is 4.10. The molecular weight excluding hydrogens is 340 g/mol. The number of ether oxygens (including phenoxy) is 1. The van der Waals surface area contributed by atoms with Crippen LogP contribution in [-0.4, -0.2) is 25.0 Å². The van der Waals surface area contributed by atoms with Gasteiger partial charge in [-0.1, -0.05) is 32.3 Å². The fraction of sp³-hybridized carbons (Fsp3) is 0.364. The molecule has 2 amide bonds. The van der Waals surface area contributed by atoms with Crippen molar-refractivity contribution < 1.29 is 14.3 Å². The Morgan fingerprint density at radius 2 is 1.67 bits per heavy atom. The molecule has 0 aliphatic rings. The molecule has 5 heteroatoms. The van der Waals surface area contributed by atoms with Gasteiger partial charge < -0.3 is 15.4 Å². The van der Waals surface area contributed by atoms with E-state index in [0.29, 0.717) is 30.0 Å². The van der Waals surface area contributed by atoms with E-state index in [4.69, 9.17) is 4.74 Å². The Hall–Kier alpha value is -2.82. The molecule has 2 N–H and O–H groups in total. The van der Waals surface area contributed by atoms with E-state index < -0.39 is 0 Å². The summed E-state index contributed by atoms with van der Waals surface area (Å²) in [7, 11) is 0. The van der Waals surface area contributed by atoms with E-state index in [2.05, 4.69) is 17.6 Å². The summed E-state index contributed by atoms with van der Waals surface area (Å²) in [6.07, 6.45) is 4.64. The molecule has 0 aliphatic carbocycles. The maximum atomic E-state index is 12.4. The first-order valence-corrected chi connectivity index (χ1v) is 9.56. The van der Waals surface area contributed by atoms with Crippen molar-refractivity contribution in [3.8, 4) is 5.75 Å². The van der Waals surface area contributed by atoms with E-state index in [1.54, 1.807) is 48.5 Å². The van der Waals surface area contributed by atoms with Gasteiger partial charge in [0.05, 0.1) is 6.61 Å². The second-order valence-electron chi connectivity index (χ2n) is 6.33. The molecule has 5 nitrogen and oxygen atoms in total. The van der Waals surface area contributed by atoms with Gasteiger partial charge in [0.25, 0.3) is 11.8 Å². The summed E-state index contributed by atoms with van der Waals surface area (Å²) < 4.78 is 5.69. The number of amides is 2. The molecule has 0 bridgehead atoms. The van der Waals surface area contributed by atoms with Crippen LogP contribution < -0.4 is 15.4 Å². The lowest BCUT2D eigenvalue weighted by atomic mass is 10.1. The lowest BCUT2D eigenvalue weighted by Crippen LogP contribution is -2.22. The van der Waals surface area contributed by atoms with Crippen molar-refractivity contribution in [2.24, 2.45) is 0 Å². The van der Waals surface area contributed by atoms with Crippen LogP contribution in [0.2, 0.25) is 0 Å². The number of hydrogen-bond acceptors (Lipinski definition) is 3. The fourth-order valence-electron chi connectivity index (χ4n) is 2.63. The molecule has 0 radical (unpaired) electrons. The van der Waals surface area contributed by atoms with Gasteiger partial charge in [0.15, 0.2) is 0 Å². The molecular formula is C22H28N2O3. The smallest absolute Gasteiger partial charge is 0.255 e. The zero-order valence-corrected chi connectivity index (χ0v) is 16.1. The van der Waals surface area contributed by atoms with Crippen molar-refractivity contribution >= 4 is 17.5 Å². The topological polar surface area (TPSA) is 67.4 Å². The van der Waals surface area contributed by atoms with Crippen molar-refractivity contribution in [2.45, 2.75) is 39.5 Å². The van der Waals surface area contributed by atoms with Crippen molar-refractivity contribution in [3.63, 3.8) is 0 Å². The van der Waals surface area contributed by atoms with Gasteiger partial charge in [-0.05, 0) is 55.8 Å². The number of unbranched alkanes of at least 4 members (excludes halogenated alkanes) is 3. The molecule has 0 heterocycles. The molecule has 0 atom stereocenters. The molecule has 0 spiro atoms. The van der Waals surface area contributed by atoms with Crippen LogP contribution in [0.15, 0.2) is 48.5 Å². The third kappa shape index (κ3) is 6.77. The second kappa shape index (κ2) is 11.0. The van der Waals surface area contributed by atoms with E-state index >= 15 is 0 Å². The van der Waals surface area contributed by atoms with Gasteiger partial charge in [0, 0.05) is 23.4 Å². The minimum Gasteiger partial charge on any atom is -0.494 e. The first-order valence-electron chi connectivity index (χ1n) is 9.56. The standard InChI is InChI=1S/C22H28N2O3/c1-3-5-6-7-15-27-20-13-11-17(12-14-20)22(26)24-19-10-8-9-18(16-19)21(25)23-4-2/h8-14,16H,3-7,15H2,1-2H3,(H,23,25)(H,24,26). The average Bonchev–Trinajstić information content (AvgIpc) is 2.68. The zero-order chi connectivity index (χ0) is 19.5. The number of benzene rings is 2. The van der Waals surface area contributed by atoms with E-state index in [1.807, 2.05) is 6.92 Å². The number of hydrogen-bond donors (Lipinski definition) is 2. The van der Waals surface area contributed by atoms with Crippen LogP contribution in [0.1, 0.15) is 60.2 Å². The maximum absolute atomic E-state index is 12.4. The normalized spacial score (nSPS) is 10.3. The Kier molecular flexibility index (Phi) is 8.36. The van der Waals surface area contributed by atoms with Crippen molar-refractivity contribution in [2.75, 3.05) is 18.5 Å². The lowest BCUT2D eigenvalue weighted by Gasteiger charge is -2.09. The summed E-state index contributed by atoms with van der Waals surface area (Å²) in [5.41, 5.74) is 1.64. The lowest BCUT2D eigenvalue weighted by molar-refractivity contribution is 0.0954. The van der Waals surface area contributed by atoms with Crippen molar-refractivity contribution in [3.05, 3.63) is 59.7 Å². The van der Waals surface area contributed by atoms with Crippen LogP contribution in [0.5, 0.6) is 5.75 Å². The van der Waals surface area contributed by atoms with E-state index in [1.165, 1.54) is 19.3 Å². The quantitative estimate of drug-likeness (QED) is 0.600. The summed E-state index contributed by atoms with van der Waals surface area (Å²) in [6, 6.07) is 14.0. The van der Waals surface area contributed by atoms with Gasteiger partial charge in [-0.2, -0.15) is 0 Å². The molecule has 0 aliphatic heterocycles. The average molecular weight is 368 g/mol. The van der Waals surface area contributed by atoms with Crippen LogP contribution in [-0.2, 0) is 0 Å². The van der Waals surface area contributed by atoms with E-state index in [-0.39, 0.29) is 11.8 Å². The highest BCUT2D eigenvalue weighted by Crippen LogP contribution is 2.16. The van der Waals surface area contributed by atoms with Crippen LogP contribution in [0.4, 0.5) is 5.69 Å². The Labute approximate surface area is 161 Å². The minimum absolute atomic E-state index is 0.158. The molecule has 0 fully saturated rings. The maximum Gasteiger partial charge on any atom is 0.255 e. The van der Waals surface area contributed by atoms with Gasteiger partial charge in [-0.25, -0.2) is 0 Å². The summed E-state index contributed by atoms with van der Waals surface area (Å²) in [4.78, 5) is 24.3. The van der Waals surface area contributed by atoms with Crippen LogP contribution in [0.25, 0.3) is 0 Å². The van der Waals surface area contributed by atoms with Gasteiger partial charge in [0.2, 0.25) is 0 Å². The Morgan fingerprint density at radius 1 is 0.889 bits per heavy atom. The largest absolute Gasteiger partial charge is 0.494 e. The summed E-state index contributed by atoms with van der Waals surface area (Å²) >= 11 is 0. The van der Waals surface area contributed by atoms with Gasteiger partial charge in [-0.3, -0.25) is 9.59 Å². The van der Waals surface area contributed by atoms with Gasteiger partial charge in [0.1, 0.15) is 5.75 Å². The first-order chi connectivity index (χ1) is 13.1. The number of anilines is 1. The molecule has 0 aromatic heterocycles. The summed E-state index contributed by atoms with van der Waals surface area (Å²) in [6.45, 7) is 5.30. The SMILES string of the molecule is CCCCCCOc1ccc(C(=O)Nc2cccc(C(=O)NCC)c2)cc1. The predicted octanol–water partition coefficient (Wildman–Crippen LogP) is 4.65. The highest BCUT2D eigenvalue weighted by molar-refractivity contribution is 6.05. The number of nitrogens with one attached hydrogen (secondary N) is 2. The van der Waals surface area contributed by atoms with E-state index in [9.17, 15) is 9.59 Å². The van der Waals surface area contributed by atoms with Gasteiger partial charge in [-0.15, -0.1) is 0 Å². The van der Waals surface area contributed by atoms with Crippen molar-refractivity contribution in [1.82, 2.24) is 5.32 Å². The molecule has 0 saturated carbocycles. The van der Waals surface area contributed by atoms with Crippen molar-refractivity contribution in [1.29, 1.82) is 0 Å². The fourth-order valence-corrected chi connectivity index (χ4v) is 2.63. The predicted molar refractivity (Wildman–Crippen MR) is 108 cm³/mol. The molecule has 0 saturated heterocycles. The first kappa shape index (κ1) is 20.5. The molecule has 144 valence electrons. The molecule has 2 aromatic rings. The molecule has 27 heavy (non-hydrogen) atoms. The van der Waals surface area contributed by atoms with Crippen LogP contribution in [0.3, 0.4) is 0 Å². The van der Waals surface area contributed by atoms with Gasteiger partial charge >= 0.3 is 0 Å². The molecule has 2 aromatic carbocycles. The number of rotatable bonds is 10. The zero-order valence-electron chi connectivity index (χ0n) is 16.1. The number of carbonyl (C=O) groups excluding carboxylic acids is 2. The molecule has 2 rings (SSSR count). The van der Waals surface area contributed by atoms with Crippen LogP contribution in [0, 0.1) is 0 Å². The molecule has 0 unspecified atom stereocenters. The Bertz CT molecular complexity index is 741. The summed E-state index contributed by atoms with van der Waals surface area (Å²) in [5.74, 6) is 0.382. The Morgan fingerprint density at radius 3 is 2.37 bits per heavy atom. The highest BCUT2D eigenvalue weighted by Gasteiger charge is 2.09. The Balaban J connectivity index is 1.90. The summed E-state index contributed by atoms with van der Waals surface area (Å²) in [5, 5.41) is 5.56. The monoisotopic (exact) mass is 368 g/mol. The number of carbonyl (C=O) groups is 2. The van der Waals surface area contributed by atoms with E-state index in [0.717, 1.165) is 12.2 Å². The third-order valence-electron chi connectivity index (χ3n) is 4.10. The highest BCUT2D eigenvalue weighted by atomic mass is 16.5.